The van der Waals surface area contributed by atoms with Crippen molar-refractivity contribution < 1.29 is 42.1 Å². The Balaban J connectivity index is 0.00000225. The highest BCUT2D eigenvalue weighted by Crippen LogP contribution is 2.44. The first-order chi connectivity index (χ1) is 11.1. The summed E-state index contributed by atoms with van der Waals surface area (Å²) in [5, 5.41) is 11.1. The number of nitrogens with two attached hydrogens (primary N) is 1. The SMILES string of the molecule is C[n+]1ccc([C@@H]2c3cc(N)ccc3S(=O)(=O)CC(C)(C)[C@@H]2O)cc1.[I-]. The average Bonchev–Trinajstić information content (AvgIpc) is 2.53. The second kappa shape index (κ2) is 6.85. The zero-order chi connectivity index (χ0) is 17.7. The van der Waals surface area contributed by atoms with Crippen LogP contribution in [0.1, 0.15) is 30.9 Å². The Labute approximate surface area is 165 Å². The average molecular weight is 474 g/mol. The fourth-order valence-corrected chi connectivity index (χ4v) is 5.58. The lowest BCUT2D eigenvalue weighted by Crippen LogP contribution is -3.00. The zero-order valence-electron chi connectivity index (χ0n) is 14.5. The quantitative estimate of drug-likeness (QED) is 0.297. The van der Waals surface area contributed by atoms with Gasteiger partial charge in [0.1, 0.15) is 7.05 Å². The molecule has 7 heteroatoms. The number of sulfone groups is 1. The molecule has 0 saturated heterocycles. The number of pyridine rings is 1. The first kappa shape index (κ1) is 20.1. The number of hydrogen-bond donors (Lipinski definition) is 2. The Morgan fingerprint density at radius 3 is 2.40 bits per heavy atom. The number of anilines is 1. The number of halogens is 1. The summed E-state index contributed by atoms with van der Waals surface area (Å²) in [6, 6.07) is 8.66. The van der Waals surface area contributed by atoms with Crippen LogP contribution in [0.15, 0.2) is 47.6 Å². The van der Waals surface area contributed by atoms with E-state index in [2.05, 4.69) is 0 Å². The molecular formula is C18H23IN2O3S. The van der Waals surface area contributed by atoms with Crippen molar-refractivity contribution in [1.29, 1.82) is 0 Å². The predicted molar refractivity (Wildman–Crippen MR) is 92.2 cm³/mol. The van der Waals surface area contributed by atoms with Gasteiger partial charge in [0.05, 0.1) is 16.8 Å². The van der Waals surface area contributed by atoms with Crippen LogP contribution >= 0.6 is 0 Å². The van der Waals surface area contributed by atoms with Gasteiger partial charge in [-0.25, -0.2) is 13.0 Å². The summed E-state index contributed by atoms with van der Waals surface area (Å²) in [6.07, 6.45) is 2.93. The molecule has 2 atom stereocenters. The molecule has 3 N–H and O–H groups in total. The second-order valence-corrected chi connectivity index (χ2v) is 9.22. The standard InChI is InChI=1S/C18H23N2O3S.HI/c1-18(2)11-24(22,23)15-5-4-13(19)10-14(15)16(17(18)21)12-6-8-20(3)9-7-12;/h4-10,16-17,21H,11,19H2,1-3H3;1H/q+1;/p-1/t16-,17-;/m1./s1. The number of aliphatic hydroxyl groups is 1. The summed E-state index contributed by atoms with van der Waals surface area (Å²) in [6.45, 7) is 3.58. The molecule has 1 aromatic carbocycles. The Kier molecular flexibility index (Phi) is 5.51. The lowest BCUT2D eigenvalue weighted by Gasteiger charge is -2.33. The van der Waals surface area contributed by atoms with Crippen molar-refractivity contribution in [2.24, 2.45) is 12.5 Å². The lowest BCUT2D eigenvalue weighted by atomic mass is 9.75. The molecule has 0 saturated carbocycles. The van der Waals surface area contributed by atoms with Gasteiger partial charge >= 0.3 is 0 Å². The van der Waals surface area contributed by atoms with Crippen LogP contribution < -0.4 is 34.3 Å². The van der Waals surface area contributed by atoms with Crippen molar-refractivity contribution in [2.45, 2.75) is 30.8 Å². The smallest absolute Gasteiger partial charge is 0.179 e. The first-order valence-electron chi connectivity index (χ1n) is 7.87. The number of benzene rings is 1. The molecule has 1 aromatic heterocycles. The minimum Gasteiger partial charge on any atom is -1.00 e. The molecule has 1 aliphatic rings. The third kappa shape index (κ3) is 3.68. The van der Waals surface area contributed by atoms with Gasteiger partial charge in [-0.1, -0.05) is 13.8 Å². The summed E-state index contributed by atoms with van der Waals surface area (Å²) in [5.41, 5.74) is 7.07. The van der Waals surface area contributed by atoms with E-state index in [1.807, 2.05) is 36.1 Å². The van der Waals surface area contributed by atoms with Gasteiger partial charge < -0.3 is 34.8 Å². The highest BCUT2D eigenvalue weighted by Gasteiger charge is 2.45. The Hall–Kier alpha value is -1.19. The number of aromatic nitrogens is 1. The molecule has 25 heavy (non-hydrogen) atoms. The van der Waals surface area contributed by atoms with Crippen molar-refractivity contribution >= 4 is 15.5 Å². The summed E-state index contributed by atoms with van der Waals surface area (Å²) in [5.74, 6) is -0.549. The van der Waals surface area contributed by atoms with Crippen LogP contribution in [-0.4, -0.2) is 25.4 Å². The Morgan fingerprint density at radius 1 is 1.20 bits per heavy atom. The van der Waals surface area contributed by atoms with Gasteiger partial charge in [0, 0.05) is 29.2 Å². The van der Waals surface area contributed by atoms with E-state index in [4.69, 9.17) is 5.73 Å². The molecule has 0 radical (unpaired) electrons. The van der Waals surface area contributed by atoms with Crippen molar-refractivity contribution in [3.05, 3.63) is 53.9 Å². The molecule has 1 aliphatic heterocycles. The van der Waals surface area contributed by atoms with Crippen molar-refractivity contribution in [3.8, 4) is 0 Å². The number of fused-ring (bicyclic) bond motifs is 1. The van der Waals surface area contributed by atoms with Crippen LogP contribution in [0.2, 0.25) is 0 Å². The van der Waals surface area contributed by atoms with Gasteiger partial charge in [0.2, 0.25) is 0 Å². The van der Waals surface area contributed by atoms with Gasteiger partial charge in [-0.3, -0.25) is 0 Å². The predicted octanol–water partition coefficient (Wildman–Crippen LogP) is -1.60. The van der Waals surface area contributed by atoms with Crippen molar-refractivity contribution in [3.63, 3.8) is 0 Å². The largest absolute Gasteiger partial charge is 1.00 e. The van der Waals surface area contributed by atoms with Crippen LogP contribution in [0.5, 0.6) is 0 Å². The van der Waals surface area contributed by atoms with E-state index in [1.165, 1.54) is 0 Å². The third-order valence-corrected chi connectivity index (χ3v) is 6.91. The number of nitrogens with zero attached hydrogens (tertiary/aromatic N) is 1. The van der Waals surface area contributed by atoms with Crippen LogP contribution in [-0.2, 0) is 16.9 Å². The number of rotatable bonds is 1. The van der Waals surface area contributed by atoms with Crippen LogP contribution in [0.3, 0.4) is 0 Å². The minimum absolute atomic E-state index is 0. The van der Waals surface area contributed by atoms with E-state index >= 15 is 0 Å². The molecule has 2 heterocycles. The number of aliphatic hydroxyl groups excluding tert-OH is 1. The number of aryl methyl sites for hydroxylation is 1. The molecule has 3 rings (SSSR count). The van der Waals surface area contributed by atoms with Gasteiger partial charge in [0.25, 0.3) is 0 Å². The fourth-order valence-electron chi connectivity index (χ4n) is 3.45. The number of nitrogen functional groups attached to an aromatic ring is 1. The molecule has 0 fully saturated rings. The van der Waals surface area contributed by atoms with Crippen LogP contribution in [0.4, 0.5) is 5.69 Å². The highest BCUT2D eigenvalue weighted by molar-refractivity contribution is 7.91. The highest BCUT2D eigenvalue weighted by atomic mass is 127. The molecule has 0 bridgehead atoms. The van der Waals surface area contributed by atoms with E-state index < -0.39 is 27.3 Å². The Morgan fingerprint density at radius 2 is 1.80 bits per heavy atom. The maximum Gasteiger partial charge on any atom is 0.179 e. The molecule has 0 amide bonds. The first-order valence-corrected chi connectivity index (χ1v) is 9.52. The van der Waals surface area contributed by atoms with Gasteiger partial charge in [-0.2, -0.15) is 0 Å². The maximum atomic E-state index is 12.8. The van der Waals surface area contributed by atoms with E-state index in [9.17, 15) is 13.5 Å². The van der Waals surface area contributed by atoms with Crippen LogP contribution in [0.25, 0.3) is 0 Å². The third-order valence-electron chi connectivity index (χ3n) is 4.75. The molecular weight excluding hydrogens is 451 g/mol. The second-order valence-electron chi connectivity index (χ2n) is 7.26. The van der Waals surface area contributed by atoms with E-state index in [0.29, 0.717) is 11.3 Å². The summed E-state index contributed by atoms with van der Waals surface area (Å²) in [4.78, 5) is 0.263. The molecule has 0 unspecified atom stereocenters. The number of hydrogen-bond acceptors (Lipinski definition) is 4. The van der Waals surface area contributed by atoms with Gasteiger partial charge in [-0.05, 0) is 29.3 Å². The summed E-state index contributed by atoms with van der Waals surface area (Å²) in [7, 11) is -1.60. The summed E-state index contributed by atoms with van der Waals surface area (Å²) < 4.78 is 27.6. The lowest BCUT2D eigenvalue weighted by molar-refractivity contribution is -0.671. The normalized spacial score (nSPS) is 23.8. The van der Waals surface area contributed by atoms with E-state index in [1.54, 1.807) is 32.0 Å². The monoisotopic (exact) mass is 474 g/mol. The molecule has 0 spiro atoms. The summed E-state index contributed by atoms with van der Waals surface area (Å²) >= 11 is 0. The van der Waals surface area contributed by atoms with Gasteiger partial charge in [0.15, 0.2) is 22.2 Å². The molecule has 5 nitrogen and oxygen atoms in total. The molecule has 2 aromatic rings. The van der Waals surface area contributed by atoms with Crippen molar-refractivity contribution in [1.82, 2.24) is 0 Å². The van der Waals surface area contributed by atoms with Crippen molar-refractivity contribution in [2.75, 3.05) is 11.5 Å². The maximum absolute atomic E-state index is 12.8. The topological polar surface area (TPSA) is 84.3 Å². The zero-order valence-corrected chi connectivity index (χ0v) is 17.5. The molecule has 0 aliphatic carbocycles. The molecule has 136 valence electrons. The van der Waals surface area contributed by atoms with Gasteiger partial charge in [-0.15, -0.1) is 0 Å². The van der Waals surface area contributed by atoms with E-state index in [-0.39, 0.29) is 34.6 Å². The fraction of sp³-hybridized carbons (Fsp3) is 0.389. The van der Waals surface area contributed by atoms with Crippen LogP contribution in [0, 0.1) is 5.41 Å². The van der Waals surface area contributed by atoms with E-state index in [0.717, 1.165) is 5.56 Å². The minimum atomic E-state index is -3.51. The Bertz CT molecular complexity index is 880.